The van der Waals surface area contributed by atoms with Crippen LogP contribution in [0.1, 0.15) is 32.8 Å². The Morgan fingerprint density at radius 2 is 2.06 bits per heavy atom. The van der Waals surface area contributed by atoms with Crippen molar-refractivity contribution in [3.63, 3.8) is 0 Å². The summed E-state index contributed by atoms with van der Waals surface area (Å²) in [6.07, 6.45) is 1.31. The van der Waals surface area contributed by atoms with E-state index >= 15 is 0 Å². The highest BCUT2D eigenvalue weighted by atomic mass is 79.9. The van der Waals surface area contributed by atoms with Crippen molar-refractivity contribution in [2.24, 2.45) is 5.41 Å². The molecule has 0 aliphatic carbocycles. The molecule has 0 atom stereocenters. The molecule has 0 aliphatic heterocycles. The number of ketones is 1. The first-order valence-electron chi connectivity index (χ1n) is 5.23. The highest BCUT2D eigenvalue weighted by Crippen LogP contribution is 2.28. The second-order valence-corrected chi connectivity index (χ2v) is 5.82. The van der Waals surface area contributed by atoms with Gasteiger partial charge in [-0.2, -0.15) is 0 Å². The Morgan fingerprint density at radius 1 is 1.44 bits per heavy atom. The zero-order valence-corrected chi connectivity index (χ0v) is 11.4. The molecule has 88 valence electrons. The zero-order valence-electron chi connectivity index (χ0n) is 9.81. The van der Waals surface area contributed by atoms with E-state index < -0.39 is 0 Å². The standard InChI is InChI=1S/C13H16BrFO/c1-9(16)7-13(2,3)8-10-4-5-12(15)11(14)6-10/h4-6H,7-8H2,1-3H3. The number of carbonyl (C=O) groups is 1. The van der Waals surface area contributed by atoms with Gasteiger partial charge in [-0.3, -0.25) is 0 Å². The maximum atomic E-state index is 13.0. The van der Waals surface area contributed by atoms with Gasteiger partial charge in [0.2, 0.25) is 0 Å². The molecular formula is C13H16BrFO. The summed E-state index contributed by atoms with van der Waals surface area (Å²) in [5.74, 6) is -0.0701. The minimum Gasteiger partial charge on any atom is -0.300 e. The van der Waals surface area contributed by atoms with E-state index in [1.165, 1.54) is 6.07 Å². The number of carbonyl (C=O) groups excluding carboxylic acids is 1. The van der Waals surface area contributed by atoms with Crippen LogP contribution in [0, 0.1) is 11.2 Å². The molecule has 1 aromatic carbocycles. The van der Waals surface area contributed by atoms with Crippen LogP contribution in [0.3, 0.4) is 0 Å². The molecule has 0 heterocycles. The summed E-state index contributed by atoms with van der Waals surface area (Å²) < 4.78 is 13.5. The number of Topliss-reactive ketones (excluding diaryl/α,β-unsaturated/α-hetero) is 1. The summed E-state index contributed by atoms with van der Waals surface area (Å²) >= 11 is 3.16. The van der Waals surface area contributed by atoms with Crippen LogP contribution in [-0.2, 0) is 11.2 Å². The maximum Gasteiger partial charge on any atom is 0.137 e. The second kappa shape index (κ2) is 5.09. The molecule has 1 aromatic rings. The van der Waals surface area contributed by atoms with Gasteiger partial charge < -0.3 is 4.79 Å². The fourth-order valence-corrected chi connectivity index (χ4v) is 2.36. The van der Waals surface area contributed by atoms with E-state index in [-0.39, 0.29) is 17.0 Å². The first-order chi connectivity index (χ1) is 7.30. The zero-order chi connectivity index (χ0) is 12.3. The molecule has 0 aromatic heterocycles. The van der Waals surface area contributed by atoms with Gasteiger partial charge in [-0.15, -0.1) is 0 Å². The quantitative estimate of drug-likeness (QED) is 0.813. The molecule has 1 nitrogen and oxygen atoms in total. The molecule has 0 N–H and O–H groups in total. The summed E-state index contributed by atoms with van der Waals surface area (Å²) in [5.41, 5.74) is 0.961. The summed E-state index contributed by atoms with van der Waals surface area (Å²) in [5, 5.41) is 0. The van der Waals surface area contributed by atoms with Crippen molar-refractivity contribution in [3.8, 4) is 0 Å². The monoisotopic (exact) mass is 286 g/mol. The van der Waals surface area contributed by atoms with Crippen LogP contribution < -0.4 is 0 Å². The van der Waals surface area contributed by atoms with E-state index in [2.05, 4.69) is 15.9 Å². The number of hydrogen-bond donors (Lipinski definition) is 0. The lowest BCUT2D eigenvalue weighted by Crippen LogP contribution is -2.18. The van der Waals surface area contributed by atoms with Crippen molar-refractivity contribution in [1.82, 2.24) is 0 Å². The van der Waals surface area contributed by atoms with E-state index in [4.69, 9.17) is 0 Å². The number of hydrogen-bond acceptors (Lipinski definition) is 1. The lowest BCUT2D eigenvalue weighted by molar-refractivity contribution is -0.118. The predicted molar refractivity (Wildman–Crippen MR) is 66.9 cm³/mol. The first-order valence-corrected chi connectivity index (χ1v) is 6.03. The lowest BCUT2D eigenvalue weighted by atomic mass is 9.81. The van der Waals surface area contributed by atoms with E-state index in [1.807, 2.05) is 13.8 Å². The van der Waals surface area contributed by atoms with Crippen LogP contribution in [0.15, 0.2) is 22.7 Å². The Kier molecular flexibility index (Phi) is 4.25. The molecule has 0 aliphatic rings. The third kappa shape index (κ3) is 4.05. The van der Waals surface area contributed by atoms with E-state index in [0.29, 0.717) is 10.9 Å². The fraction of sp³-hybridized carbons (Fsp3) is 0.462. The summed E-state index contributed by atoms with van der Waals surface area (Å²) in [4.78, 5) is 11.1. The first kappa shape index (κ1) is 13.4. The normalized spacial score (nSPS) is 11.6. The van der Waals surface area contributed by atoms with Crippen LogP contribution in [-0.4, -0.2) is 5.78 Å². The van der Waals surface area contributed by atoms with Crippen LogP contribution >= 0.6 is 15.9 Å². The van der Waals surface area contributed by atoms with Crippen molar-refractivity contribution in [2.45, 2.75) is 33.6 Å². The third-order valence-corrected chi connectivity index (χ3v) is 3.00. The highest BCUT2D eigenvalue weighted by molar-refractivity contribution is 9.10. The molecule has 0 radical (unpaired) electrons. The average molecular weight is 287 g/mol. The van der Waals surface area contributed by atoms with Gasteiger partial charge in [0.05, 0.1) is 4.47 Å². The predicted octanol–water partition coefficient (Wildman–Crippen LogP) is 4.14. The van der Waals surface area contributed by atoms with Gasteiger partial charge in [0.15, 0.2) is 0 Å². The Morgan fingerprint density at radius 3 is 2.56 bits per heavy atom. The molecule has 1 rings (SSSR count). The minimum atomic E-state index is -0.256. The fourth-order valence-electron chi connectivity index (χ4n) is 1.94. The van der Waals surface area contributed by atoms with Gasteiger partial charge >= 0.3 is 0 Å². The second-order valence-electron chi connectivity index (χ2n) is 4.97. The summed E-state index contributed by atoms with van der Waals surface area (Å²) in [7, 11) is 0. The van der Waals surface area contributed by atoms with Gasteiger partial charge in [0, 0.05) is 6.42 Å². The average Bonchev–Trinajstić information content (AvgIpc) is 2.08. The van der Waals surface area contributed by atoms with Crippen molar-refractivity contribution in [1.29, 1.82) is 0 Å². The Labute approximate surface area is 104 Å². The number of benzene rings is 1. The topological polar surface area (TPSA) is 17.1 Å². The van der Waals surface area contributed by atoms with Crippen molar-refractivity contribution in [3.05, 3.63) is 34.1 Å². The molecule has 0 amide bonds. The van der Waals surface area contributed by atoms with Crippen molar-refractivity contribution >= 4 is 21.7 Å². The van der Waals surface area contributed by atoms with E-state index in [0.717, 1.165) is 12.0 Å². The lowest BCUT2D eigenvalue weighted by Gasteiger charge is -2.23. The van der Waals surface area contributed by atoms with Gasteiger partial charge in [0.1, 0.15) is 11.6 Å². The Balaban J connectivity index is 2.79. The minimum absolute atomic E-state index is 0.0803. The van der Waals surface area contributed by atoms with Crippen LogP contribution in [0.4, 0.5) is 4.39 Å². The van der Waals surface area contributed by atoms with E-state index in [1.54, 1.807) is 19.1 Å². The molecule has 16 heavy (non-hydrogen) atoms. The Bertz CT molecular complexity index is 399. The highest BCUT2D eigenvalue weighted by Gasteiger charge is 2.20. The van der Waals surface area contributed by atoms with Gasteiger partial charge in [0.25, 0.3) is 0 Å². The largest absolute Gasteiger partial charge is 0.300 e. The summed E-state index contributed by atoms with van der Waals surface area (Å²) in [6, 6.07) is 4.99. The Hall–Kier alpha value is -0.700. The van der Waals surface area contributed by atoms with Crippen molar-refractivity contribution in [2.75, 3.05) is 0 Å². The molecule has 3 heteroatoms. The molecule has 0 fully saturated rings. The molecule has 0 unspecified atom stereocenters. The van der Waals surface area contributed by atoms with Crippen LogP contribution in [0.5, 0.6) is 0 Å². The maximum absolute atomic E-state index is 13.0. The van der Waals surface area contributed by atoms with Crippen LogP contribution in [0.2, 0.25) is 0 Å². The number of rotatable bonds is 4. The molecule has 0 saturated carbocycles. The molecule has 0 bridgehead atoms. The van der Waals surface area contributed by atoms with Gasteiger partial charge in [-0.05, 0) is 52.4 Å². The molecule has 0 saturated heterocycles. The number of halogens is 2. The SMILES string of the molecule is CC(=O)CC(C)(C)Cc1ccc(F)c(Br)c1. The van der Waals surface area contributed by atoms with Gasteiger partial charge in [-0.25, -0.2) is 4.39 Å². The third-order valence-electron chi connectivity index (χ3n) is 2.39. The van der Waals surface area contributed by atoms with Crippen molar-refractivity contribution < 1.29 is 9.18 Å². The van der Waals surface area contributed by atoms with E-state index in [9.17, 15) is 9.18 Å². The summed E-state index contributed by atoms with van der Waals surface area (Å²) in [6.45, 7) is 5.69. The van der Waals surface area contributed by atoms with Crippen LogP contribution in [0.25, 0.3) is 0 Å². The molecule has 0 spiro atoms. The smallest absolute Gasteiger partial charge is 0.137 e. The molecular weight excluding hydrogens is 271 g/mol. The van der Waals surface area contributed by atoms with Gasteiger partial charge in [-0.1, -0.05) is 19.9 Å².